The maximum Gasteiger partial charge on any atom is 0.257 e. The van der Waals surface area contributed by atoms with Gasteiger partial charge in [-0.05, 0) is 36.4 Å². The van der Waals surface area contributed by atoms with Gasteiger partial charge in [0.2, 0.25) is 5.91 Å². The van der Waals surface area contributed by atoms with Crippen molar-refractivity contribution in [2.45, 2.75) is 0 Å². The average Bonchev–Trinajstić information content (AvgIpc) is 2.65. The summed E-state index contributed by atoms with van der Waals surface area (Å²) in [6.45, 7) is 2.17. The molecule has 0 atom stereocenters. The molecule has 136 valence electrons. The molecule has 5 nitrogen and oxygen atoms in total. The lowest BCUT2D eigenvalue weighted by atomic mass is 10.1. The van der Waals surface area contributed by atoms with Crippen molar-refractivity contribution in [1.29, 1.82) is 0 Å². The number of hydrogen-bond donors (Lipinski definition) is 2. The summed E-state index contributed by atoms with van der Waals surface area (Å²) in [5.41, 5.74) is 1.58. The lowest BCUT2D eigenvalue weighted by molar-refractivity contribution is -0.117. The molecule has 2 aromatic rings. The lowest BCUT2D eigenvalue weighted by Gasteiger charge is -2.25. The summed E-state index contributed by atoms with van der Waals surface area (Å²) in [6, 6.07) is 13.9. The van der Waals surface area contributed by atoms with Crippen LogP contribution in [-0.4, -0.2) is 47.9 Å². The van der Waals surface area contributed by atoms with E-state index in [1.54, 1.807) is 48.5 Å². The predicted octanol–water partition coefficient (Wildman–Crippen LogP) is 3.58. The van der Waals surface area contributed by atoms with Gasteiger partial charge in [0, 0.05) is 35.3 Å². The third-order valence-corrected chi connectivity index (χ3v) is 5.21. The molecule has 0 spiro atoms. The van der Waals surface area contributed by atoms with Gasteiger partial charge in [-0.25, -0.2) is 0 Å². The molecular formula is C19H20ClN3O2S. The third kappa shape index (κ3) is 5.24. The van der Waals surface area contributed by atoms with Crippen LogP contribution in [0.25, 0.3) is 0 Å². The van der Waals surface area contributed by atoms with Crippen LogP contribution in [0.15, 0.2) is 48.5 Å². The van der Waals surface area contributed by atoms with E-state index in [9.17, 15) is 9.59 Å². The van der Waals surface area contributed by atoms with Gasteiger partial charge in [-0.3, -0.25) is 14.5 Å². The summed E-state index contributed by atoms with van der Waals surface area (Å²) in [5.74, 6) is 1.71. The first-order valence-electron chi connectivity index (χ1n) is 8.38. The van der Waals surface area contributed by atoms with E-state index in [0.29, 0.717) is 28.5 Å². The Morgan fingerprint density at radius 2 is 1.69 bits per heavy atom. The van der Waals surface area contributed by atoms with E-state index < -0.39 is 0 Å². The fourth-order valence-electron chi connectivity index (χ4n) is 2.67. The minimum Gasteiger partial charge on any atom is -0.324 e. The van der Waals surface area contributed by atoms with Gasteiger partial charge < -0.3 is 10.6 Å². The number of amides is 2. The molecule has 1 aliphatic rings. The Bertz CT molecular complexity index is 777. The summed E-state index contributed by atoms with van der Waals surface area (Å²) >= 11 is 7.77. The standard InChI is InChI=1S/C19H20ClN3O2S/c20-14-5-7-15(8-6-14)21-19(25)16-3-1-2-4-17(16)22-18(24)13-23-9-11-26-12-10-23/h1-8H,9-13H2,(H,21,25)(H,22,24). The van der Waals surface area contributed by atoms with E-state index in [1.165, 1.54) is 0 Å². The number of halogens is 1. The Morgan fingerprint density at radius 1 is 1.00 bits per heavy atom. The Kier molecular flexibility index (Phi) is 6.55. The maximum absolute atomic E-state index is 12.6. The van der Waals surface area contributed by atoms with E-state index in [0.717, 1.165) is 24.6 Å². The van der Waals surface area contributed by atoms with Gasteiger partial charge in [0.25, 0.3) is 5.91 Å². The number of rotatable bonds is 5. The average molecular weight is 390 g/mol. The van der Waals surface area contributed by atoms with Gasteiger partial charge in [0.05, 0.1) is 17.8 Å². The second-order valence-electron chi connectivity index (χ2n) is 5.94. The van der Waals surface area contributed by atoms with Crippen LogP contribution in [-0.2, 0) is 4.79 Å². The van der Waals surface area contributed by atoms with Crippen LogP contribution in [0, 0.1) is 0 Å². The van der Waals surface area contributed by atoms with Crippen molar-refractivity contribution >= 4 is 46.6 Å². The molecule has 3 rings (SSSR count). The number of nitrogens with one attached hydrogen (secondary N) is 2. The SMILES string of the molecule is O=C(CN1CCSCC1)Nc1ccccc1C(=O)Nc1ccc(Cl)cc1. The number of nitrogens with zero attached hydrogens (tertiary/aromatic N) is 1. The number of carbonyl (C=O) groups is 2. The Morgan fingerprint density at radius 3 is 2.42 bits per heavy atom. The molecule has 1 fully saturated rings. The fraction of sp³-hybridized carbons (Fsp3) is 0.263. The molecule has 1 saturated heterocycles. The zero-order valence-corrected chi connectivity index (χ0v) is 15.8. The van der Waals surface area contributed by atoms with E-state index in [1.807, 2.05) is 11.8 Å². The Hall–Kier alpha value is -2.02. The molecule has 0 aliphatic carbocycles. The predicted molar refractivity (Wildman–Crippen MR) is 108 cm³/mol. The van der Waals surface area contributed by atoms with Gasteiger partial charge in [-0.15, -0.1) is 0 Å². The molecule has 1 heterocycles. The molecule has 0 unspecified atom stereocenters. The second-order valence-corrected chi connectivity index (χ2v) is 7.60. The first-order valence-corrected chi connectivity index (χ1v) is 9.91. The minimum absolute atomic E-state index is 0.108. The van der Waals surface area contributed by atoms with Crippen LogP contribution in [0.4, 0.5) is 11.4 Å². The van der Waals surface area contributed by atoms with Crippen molar-refractivity contribution in [3.8, 4) is 0 Å². The molecule has 1 aliphatic heterocycles. The highest BCUT2D eigenvalue weighted by atomic mass is 35.5. The van der Waals surface area contributed by atoms with Crippen molar-refractivity contribution in [3.05, 3.63) is 59.1 Å². The van der Waals surface area contributed by atoms with Crippen LogP contribution in [0.2, 0.25) is 5.02 Å². The van der Waals surface area contributed by atoms with E-state index in [-0.39, 0.29) is 11.8 Å². The number of carbonyl (C=O) groups excluding carboxylic acids is 2. The summed E-state index contributed by atoms with van der Waals surface area (Å²) in [5, 5.41) is 6.29. The number of benzene rings is 2. The highest BCUT2D eigenvalue weighted by Crippen LogP contribution is 2.19. The van der Waals surface area contributed by atoms with Crippen molar-refractivity contribution in [3.63, 3.8) is 0 Å². The number of para-hydroxylation sites is 1. The van der Waals surface area contributed by atoms with Crippen LogP contribution in [0.3, 0.4) is 0 Å². The molecule has 0 radical (unpaired) electrons. The van der Waals surface area contributed by atoms with Gasteiger partial charge in [0.15, 0.2) is 0 Å². The van der Waals surface area contributed by atoms with E-state index in [4.69, 9.17) is 11.6 Å². The molecule has 0 bridgehead atoms. The quantitative estimate of drug-likeness (QED) is 0.820. The highest BCUT2D eigenvalue weighted by Gasteiger charge is 2.17. The zero-order chi connectivity index (χ0) is 18.4. The molecule has 2 N–H and O–H groups in total. The first kappa shape index (κ1) is 18.8. The molecule has 7 heteroatoms. The fourth-order valence-corrected chi connectivity index (χ4v) is 3.78. The molecule has 26 heavy (non-hydrogen) atoms. The van der Waals surface area contributed by atoms with Crippen LogP contribution >= 0.6 is 23.4 Å². The van der Waals surface area contributed by atoms with Gasteiger partial charge in [-0.1, -0.05) is 23.7 Å². The van der Waals surface area contributed by atoms with Gasteiger partial charge >= 0.3 is 0 Å². The summed E-state index contributed by atoms with van der Waals surface area (Å²) in [6.07, 6.45) is 0. The summed E-state index contributed by atoms with van der Waals surface area (Å²) in [7, 11) is 0. The van der Waals surface area contributed by atoms with Gasteiger partial charge in [-0.2, -0.15) is 11.8 Å². The number of hydrogen-bond acceptors (Lipinski definition) is 4. The molecule has 0 aromatic heterocycles. The molecule has 2 aromatic carbocycles. The van der Waals surface area contributed by atoms with Gasteiger partial charge in [0.1, 0.15) is 0 Å². The van der Waals surface area contributed by atoms with Crippen molar-refractivity contribution in [2.75, 3.05) is 41.8 Å². The van der Waals surface area contributed by atoms with Crippen molar-refractivity contribution < 1.29 is 9.59 Å². The van der Waals surface area contributed by atoms with Crippen molar-refractivity contribution in [2.24, 2.45) is 0 Å². The first-order chi connectivity index (χ1) is 12.6. The second kappa shape index (κ2) is 9.07. The summed E-state index contributed by atoms with van der Waals surface area (Å²) < 4.78 is 0. The number of thioether (sulfide) groups is 1. The number of anilines is 2. The molecular weight excluding hydrogens is 370 g/mol. The normalized spacial score (nSPS) is 14.7. The lowest BCUT2D eigenvalue weighted by Crippen LogP contribution is -2.38. The zero-order valence-electron chi connectivity index (χ0n) is 14.2. The molecule has 0 saturated carbocycles. The monoisotopic (exact) mass is 389 g/mol. The van der Waals surface area contributed by atoms with Crippen LogP contribution < -0.4 is 10.6 Å². The van der Waals surface area contributed by atoms with E-state index in [2.05, 4.69) is 15.5 Å². The largest absolute Gasteiger partial charge is 0.324 e. The third-order valence-electron chi connectivity index (χ3n) is 4.02. The van der Waals surface area contributed by atoms with Crippen LogP contribution in [0.5, 0.6) is 0 Å². The van der Waals surface area contributed by atoms with Crippen molar-refractivity contribution in [1.82, 2.24) is 4.90 Å². The maximum atomic E-state index is 12.6. The minimum atomic E-state index is -0.280. The smallest absolute Gasteiger partial charge is 0.257 e. The molecule has 2 amide bonds. The van der Waals surface area contributed by atoms with E-state index >= 15 is 0 Å². The Balaban J connectivity index is 1.65. The van der Waals surface area contributed by atoms with Crippen LogP contribution in [0.1, 0.15) is 10.4 Å². The highest BCUT2D eigenvalue weighted by molar-refractivity contribution is 7.99. The Labute approximate surface area is 162 Å². The summed E-state index contributed by atoms with van der Waals surface area (Å²) in [4.78, 5) is 27.1. The topological polar surface area (TPSA) is 61.4 Å².